The van der Waals surface area contributed by atoms with Crippen LogP contribution in [0.15, 0.2) is 77.7 Å². The summed E-state index contributed by atoms with van der Waals surface area (Å²) in [6.07, 6.45) is -2.56. The van der Waals surface area contributed by atoms with E-state index in [1.807, 2.05) is 30.3 Å². The fourth-order valence-corrected chi connectivity index (χ4v) is 4.90. The van der Waals surface area contributed by atoms with Gasteiger partial charge in [-0.1, -0.05) is 72.5 Å². The summed E-state index contributed by atoms with van der Waals surface area (Å²) >= 11 is 6.16. The number of ether oxygens (including phenoxy) is 3. The molecule has 0 unspecified atom stereocenters. The number of rotatable bonds is 11. The van der Waals surface area contributed by atoms with Crippen LogP contribution in [0.5, 0.6) is 17.2 Å². The summed E-state index contributed by atoms with van der Waals surface area (Å²) in [5.74, 6) is -1.22. The number of carboxylic acid groups (broad SMARTS) is 1. The zero-order valence-electron chi connectivity index (χ0n) is 20.7. The molecule has 1 fully saturated rings. The highest BCUT2D eigenvalue weighted by molar-refractivity contribution is 8.26. The normalized spacial score (nSPS) is 14.5. The molecule has 1 amide bonds. The number of alkyl halides is 3. The van der Waals surface area contributed by atoms with E-state index in [9.17, 15) is 22.8 Å². The SMILES string of the molecule is O=C(O)CN1C(=O)C(=Cc2ccc(OCc3ccc(OC(F)(F)F)cc3)c(OCCc3ccccc3)c2)SC1=S. The fraction of sp³-hybridized carbons (Fsp3) is 0.179. The van der Waals surface area contributed by atoms with Crippen molar-refractivity contribution < 1.29 is 42.1 Å². The number of halogens is 3. The van der Waals surface area contributed by atoms with E-state index in [-0.39, 0.29) is 21.6 Å². The minimum Gasteiger partial charge on any atom is -0.489 e. The maximum absolute atomic E-state index is 12.7. The third-order valence-electron chi connectivity index (χ3n) is 5.47. The van der Waals surface area contributed by atoms with Gasteiger partial charge in [-0.05, 0) is 47.0 Å². The van der Waals surface area contributed by atoms with E-state index in [4.69, 9.17) is 26.8 Å². The van der Waals surface area contributed by atoms with Crippen LogP contribution in [0.2, 0.25) is 0 Å². The highest BCUT2D eigenvalue weighted by Crippen LogP contribution is 2.35. The lowest BCUT2D eigenvalue weighted by Crippen LogP contribution is -2.33. The molecule has 3 aromatic rings. The van der Waals surface area contributed by atoms with Crippen LogP contribution in [0.3, 0.4) is 0 Å². The summed E-state index contributed by atoms with van der Waals surface area (Å²) in [5, 5.41) is 9.04. The molecule has 1 N–H and O–H groups in total. The second kappa shape index (κ2) is 12.9. The Kier molecular flexibility index (Phi) is 9.33. The summed E-state index contributed by atoms with van der Waals surface area (Å²) in [6.45, 7) is -0.144. The minimum absolute atomic E-state index is 0.0501. The smallest absolute Gasteiger partial charge is 0.489 e. The third kappa shape index (κ3) is 8.23. The highest BCUT2D eigenvalue weighted by Gasteiger charge is 2.33. The first-order valence-electron chi connectivity index (χ1n) is 11.8. The standard InChI is InChI=1S/C28H22F3NO6S2/c29-28(30,31)38-21-9-6-19(7-10-21)17-37-22-11-8-20(14-23(22)36-13-12-18-4-2-1-3-5-18)15-24-26(35)32(16-25(33)34)27(39)40-24/h1-11,14-15H,12-13,16-17H2,(H,33,34). The number of carboxylic acids is 1. The zero-order valence-corrected chi connectivity index (χ0v) is 22.4. The van der Waals surface area contributed by atoms with Gasteiger partial charge in [0, 0.05) is 6.42 Å². The number of benzene rings is 3. The number of thiocarbonyl (C=S) groups is 1. The van der Waals surface area contributed by atoms with Crippen LogP contribution in [0, 0.1) is 0 Å². The predicted octanol–water partition coefficient (Wildman–Crippen LogP) is 6.07. The van der Waals surface area contributed by atoms with Gasteiger partial charge in [-0.2, -0.15) is 0 Å². The molecule has 1 saturated heterocycles. The van der Waals surface area contributed by atoms with E-state index in [2.05, 4.69) is 4.74 Å². The molecule has 7 nitrogen and oxygen atoms in total. The molecule has 4 rings (SSSR count). The molecule has 0 saturated carbocycles. The summed E-state index contributed by atoms with van der Waals surface area (Å²) in [7, 11) is 0. The van der Waals surface area contributed by atoms with Crippen molar-refractivity contribution in [3.05, 3.63) is 94.4 Å². The van der Waals surface area contributed by atoms with Gasteiger partial charge in [0.05, 0.1) is 11.5 Å². The van der Waals surface area contributed by atoms with Gasteiger partial charge >= 0.3 is 12.3 Å². The van der Waals surface area contributed by atoms with E-state index < -0.39 is 24.8 Å². The Morgan fingerprint density at radius 2 is 1.70 bits per heavy atom. The number of hydrogen-bond acceptors (Lipinski definition) is 7. The average Bonchev–Trinajstić information content (AvgIpc) is 3.15. The maximum Gasteiger partial charge on any atom is 0.573 e. The predicted molar refractivity (Wildman–Crippen MR) is 147 cm³/mol. The van der Waals surface area contributed by atoms with Crippen molar-refractivity contribution in [1.82, 2.24) is 4.90 Å². The molecule has 1 aliphatic heterocycles. The molecule has 208 valence electrons. The van der Waals surface area contributed by atoms with Crippen molar-refractivity contribution in [3.8, 4) is 17.2 Å². The van der Waals surface area contributed by atoms with Crippen LogP contribution >= 0.6 is 24.0 Å². The summed E-state index contributed by atoms with van der Waals surface area (Å²) in [5.41, 5.74) is 2.28. The molecular weight excluding hydrogens is 567 g/mol. The van der Waals surface area contributed by atoms with E-state index in [0.717, 1.165) is 22.2 Å². The second-order valence-corrected chi connectivity index (χ2v) is 10.1. The molecule has 12 heteroatoms. The molecule has 0 aliphatic carbocycles. The lowest BCUT2D eigenvalue weighted by atomic mass is 10.1. The van der Waals surface area contributed by atoms with Crippen molar-refractivity contribution in [2.45, 2.75) is 19.4 Å². The quantitative estimate of drug-likeness (QED) is 0.213. The molecule has 0 spiro atoms. The van der Waals surface area contributed by atoms with Crippen LogP contribution in [-0.2, 0) is 22.6 Å². The lowest BCUT2D eigenvalue weighted by molar-refractivity contribution is -0.274. The Morgan fingerprint density at radius 1 is 0.975 bits per heavy atom. The number of amides is 1. The van der Waals surface area contributed by atoms with Gasteiger partial charge in [0.2, 0.25) is 0 Å². The highest BCUT2D eigenvalue weighted by atomic mass is 32.2. The molecule has 3 aromatic carbocycles. The largest absolute Gasteiger partial charge is 0.573 e. The Bertz CT molecular complexity index is 1410. The van der Waals surface area contributed by atoms with Crippen LogP contribution < -0.4 is 14.2 Å². The van der Waals surface area contributed by atoms with E-state index >= 15 is 0 Å². The topological polar surface area (TPSA) is 85.3 Å². The molecule has 1 heterocycles. The first-order valence-corrected chi connectivity index (χ1v) is 13.1. The zero-order chi connectivity index (χ0) is 28.7. The van der Waals surface area contributed by atoms with Gasteiger partial charge in [-0.3, -0.25) is 14.5 Å². The summed E-state index contributed by atoms with van der Waals surface area (Å²) in [6, 6.07) is 20.1. The van der Waals surface area contributed by atoms with Crippen molar-refractivity contribution in [3.63, 3.8) is 0 Å². The Hall–Kier alpha value is -4.03. The minimum atomic E-state index is -4.78. The van der Waals surface area contributed by atoms with Crippen molar-refractivity contribution in [2.75, 3.05) is 13.2 Å². The van der Waals surface area contributed by atoms with Crippen LogP contribution in [0.4, 0.5) is 13.2 Å². The average molecular weight is 590 g/mol. The third-order valence-corrected chi connectivity index (χ3v) is 6.85. The second-order valence-electron chi connectivity index (χ2n) is 8.43. The monoisotopic (exact) mass is 589 g/mol. The summed E-state index contributed by atoms with van der Waals surface area (Å²) < 4.78 is 53.3. The molecule has 40 heavy (non-hydrogen) atoms. The van der Waals surface area contributed by atoms with E-state index in [1.54, 1.807) is 24.3 Å². The first-order chi connectivity index (χ1) is 19.1. The molecular formula is C28H22F3NO6S2. The lowest BCUT2D eigenvalue weighted by Gasteiger charge is -2.14. The Balaban J connectivity index is 1.51. The molecule has 0 radical (unpaired) electrons. The first kappa shape index (κ1) is 29.0. The number of carbonyl (C=O) groups is 2. The van der Waals surface area contributed by atoms with Crippen molar-refractivity contribution >= 4 is 46.3 Å². The van der Waals surface area contributed by atoms with E-state index in [1.165, 1.54) is 24.3 Å². The molecule has 0 aromatic heterocycles. The Labute approximate surface area is 237 Å². The van der Waals surface area contributed by atoms with Gasteiger partial charge < -0.3 is 19.3 Å². The maximum atomic E-state index is 12.7. The van der Waals surface area contributed by atoms with E-state index in [0.29, 0.717) is 35.7 Å². The molecule has 0 atom stereocenters. The van der Waals surface area contributed by atoms with Gasteiger partial charge in [0.1, 0.15) is 23.2 Å². The number of nitrogens with zero attached hydrogens (tertiary/aromatic N) is 1. The van der Waals surface area contributed by atoms with Crippen LogP contribution in [-0.4, -0.2) is 45.7 Å². The van der Waals surface area contributed by atoms with Gasteiger partial charge in [0.15, 0.2) is 11.5 Å². The van der Waals surface area contributed by atoms with Crippen LogP contribution in [0.25, 0.3) is 6.08 Å². The number of aliphatic carboxylic acids is 1. The van der Waals surface area contributed by atoms with Gasteiger partial charge in [-0.25, -0.2) is 0 Å². The van der Waals surface area contributed by atoms with Crippen molar-refractivity contribution in [2.24, 2.45) is 0 Å². The van der Waals surface area contributed by atoms with Gasteiger partial charge in [0.25, 0.3) is 5.91 Å². The number of hydrogen-bond donors (Lipinski definition) is 1. The molecule has 1 aliphatic rings. The fourth-order valence-electron chi connectivity index (χ4n) is 3.64. The molecule has 0 bridgehead atoms. The summed E-state index contributed by atoms with van der Waals surface area (Å²) in [4.78, 5) is 25.0. The van der Waals surface area contributed by atoms with Crippen molar-refractivity contribution in [1.29, 1.82) is 0 Å². The number of carbonyl (C=O) groups excluding carboxylic acids is 1. The van der Waals surface area contributed by atoms with Gasteiger partial charge in [-0.15, -0.1) is 13.2 Å². The Morgan fingerprint density at radius 3 is 2.38 bits per heavy atom. The number of thioether (sulfide) groups is 1. The van der Waals surface area contributed by atoms with Crippen LogP contribution in [0.1, 0.15) is 16.7 Å².